The van der Waals surface area contributed by atoms with Crippen LogP contribution in [-0.4, -0.2) is 17.1 Å². The zero-order valence-electron chi connectivity index (χ0n) is 16.1. The van der Waals surface area contributed by atoms with Crippen LogP contribution in [-0.2, 0) is 10.2 Å². The van der Waals surface area contributed by atoms with Crippen LogP contribution in [0.4, 0.5) is 0 Å². The van der Waals surface area contributed by atoms with Crippen molar-refractivity contribution in [3.05, 3.63) is 105 Å². The van der Waals surface area contributed by atoms with E-state index in [9.17, 15) is 15.2 Å². The molecule has 0 saturated carbocycles. The number of benzene rings is 3. The lowest BCUT2D eigenvalue weighted by molar-refractivity contribution is -0.139. The van der Waals surface area contributed by atoms with Crippen molar-refractivity contribution in [1.82, 2.24) is 5.32 Å². The maximum Gasteiger partial charge on any atom is 0.321 e. The molecule has 0 aliphatic carbocycles. The average Bonchev–Trinajstić information content (AvgIpc) is 3.11. The molecule has 4 nitrogen and oxygen atoms in total. The first-order valence-electron chi connectivity index (χ1n) is 9.54. The Morgan fingerprint density at radius 3 is 2.03 bits per heavy atom. The summed E-state index contributed by atoms with van der Waals surface area (Å²) in [6.45, 7) is 0. The van der Waals surface area contributed by atoms with Crippen LogP contribution in [0, 0.1) is 11.3 Å². The van der Waals surface area contributed by atoms with E-state index in [0.717, 1.165) is 5.56 Å². The Bertz CT molecular complexity index is 1180. The van der Waals surface area contributed by atoms with Crippen LogP contribution >= 0.6 is 34.8 Å². The number of hydrogen-bond donors (Lipinski definition) is 2. The summed E-state index contributed by atoms with van der Waals surface area (Å²) in [6.07, 6.45) is 0. The summed E-state index contributed by atoms with van der Waals surface area (Å²) in [5.41, 5.74) is 0.780. The molecule has 0 radical (unpaired) electrons. The van der Waals surface area contributed by atoms with Gasteiger partial charge < -0.3 is 5.11 Å². The molecule has 1 saturated heterocycles. The molecule has 7 heteroatoms. The number of carbonyl (C=O) groups is 1. The SMILES string of the molecule is N#C[C@]1(c2ccc(Cl)cc2)[C@H](c2cccc(Cl)c2)N[C@@H](C(=O)O)[C@@H]1c1cccc(Cl)c1. The Labute approximate surface area is 195 Å². The highest BCUT2D eigenvalue weighted by Gasteiger charge is 2.59. The van der Waals surface area contributed by atoms with Gasteiger partial charge >= 0.3 is 5.97 Å². The Balaban J connectivity index is 2.02. The molecule has 31 heavy (non-hydrogen) atoms. The molecular weight excluding hydrogens is 455 g/mol. The standard InChI is InChI=1S/C24H17Cl3N2O2/c25-17-9-7-16(8-10-17)24(13-28)20(14-3-1-5-18(26)11-14)21(23(30)31)29-22(24)15-4-2-6-19(27)12-15/h1-12,20-22,29H,(H,30,31)/t20-,21+,22-,24+/m0/s1. The summed E-state index contributed by atoms with van der Waals surface area (Å²) in [4.78, 5) is 12.4. The van der Waals surface area contributed by atoms with Gasteiger partial charge in [0.15, 0.2) is 0 Å². The average molecular weight is 472 g/mol. The molecule has 1 aliphatic rings. The topological polar surface area (TPSA) is 73.1 Å². The van der Waals surface area contributed by atoms with E-state index in [1.807, 2.05) is 6.07 Å². The van der Waals surface area contributed by atoms with E-state index >= 15 is 0 Å². The Morgan fingerprint density at radius 1 is 0.903 bits per heavy atom. The number of nitrogens with one attached hydrogen (secondary N) is 1. The molecule has 0 aromatic heterocycles. The molecule has 3 aromatic rings. The van der Waals surface area contributed by atoms with E-state index in [0.29, 0.717) is 26.2 Å². The van der Waals surface area contributed by atoms with E-state index in [-0.39, 0.29) is 0 Å². The Hall–Kier alpha value is -2.55. The number of carboxylic acid groups (broad SMARTS) is 1. The van der Waals surface area contributed by atoms with Crippen molar-refractivity contribution in [1.29, 1.82) is 5.26 Å². The Kier molecular flexibility index (Phi) is 5.96. The van der Waals surface area contributed by atoms with Gasteiger partial charge in [0.1, 0.15) is 11.5 Å². The smallest absolute Gasteiger partial charge is 0.321 e. The zero-order chi connectivity index (χ0) is 22.2. The lowest BCUT2D eigenvalue weighted by atomic mass is 9.64. The van der Waals surface area contributed by atoms with Crippen molar-refractivity contribution in [2.24, 2.45) is 0 Å². The van der Waals surface area contributed by atoms with Crippen molar-refractivity contribution >= 4 is 40.8 Å². The lowest BCUT2D eigenvalue weighted by Crippen LogP contribution is -2.37. The third kappa shape index (κ3) is 3.79. The number of nitrogens with zero attached hydrogens (tertiary/aromatic N) is 1. The van der Waals surface area contributed by atoms with Crippen LogP contribution < -0.4 is 5.32 Å². The molecule has 0 spiro atoms. The van der Waals surface area contributed by atoms with Crippen LogP contribution in [0.3, 0.4) is 0 Å². The van der Waals surface area contributed by atoms with Crippen molar-refractivity contribution in [2.45, 2.75) is 23.4 Å². The summed E-state index contributed by atoms with van der Waals surface area (Å²) in [6, 6.07) is 21.9. The van der Waals surface area contributed by atoms with E-state index in [4.69, 9.17) is 34.8 Å². The molecule has 4 rings (SSSR count). The largest absolute Gasteiger partial charge is 0.480 e. The predicted octanol–water partition coefficient (Wildman–Crippen LogP) is 5.99. The number of halogens is 3. The maximum absolute atomic E-state index is 12.4. The lowest BCUT2D eigenvalue weighted by Gasteiger charge is -2.35. The first-order valence-corrected chi connectivity index (χ1v) is 10.7. The molecular formula is C24H17Cl3N2O2. The van der Waals surface area contributed by atoms with Crippen LogP contribution in [0.25, 0.3) is 0 Å². The van der Waals surface area contributed by atoms with Gasteiger partial charge in [0, 0.05) is 21.0 Å². The quantitative estimate of drug-likeness (QED) is 0.490. The second-order valence-electron chi connectivity index (χ2n) is 7.49. The van der Waals surface area contributed by atoms with E-state index in [2.05, 4.69) is 11.4 Å². The highest BCUT2D eigenvalue weighted by atomic mass is 35.5. The molecule has 4 atom stereocenters. The number of hydrogen-bond acceptors (Lipinski definition) is 3. The predicted molar refractivity (Wildman–Crippen MR) is 122 cm³/mol. The van der Waals surface area contributed by atoms with E-state index in [1.54, 1.807) is 66.7 Å². The Morgan fingerprint density at radius 2 is 1.48 bits per heavy atom. The monoisotopic (exact) mass is 470 g/mol. The number of aliphatic carboxylic acids is 1. The minimum absolute atomic E-state index is 0.468. The first-order chi connectivity index (χ1) is 14.9. The first kappa shape index (κ1) is 21.7. The normalized spacial score (nSPS) is 25.2. The molecule has 0 amide bonds. The second kappa shape index (κ2) is 8.53. The maximum atomic E-state index is 12.4. The van der Waals surface area contributed by atoms with Crippen LogP contribution in [0.15, 0.2) is 72.8 Å². The van der Waals surface area contributed by atoms with Gasteiger partial charge in [0.25, 0.3) is 0 Å². The van der Waals surface area contributed by atoms with Gasteiger partial charge in [-0.3, -0.25) is 10.1 Å². The van der Waals surface area contributed by atoms with Crippen molar-refractivity contribution in [2.75, 3.05) is 0 Å². The fraction of sp³-hybridized carbons (Fsp3) is 0.167. The third-order valence-electron chi connectivity index (χ3n) is 5.79. The molecule has 1 heterocycles. The molecule has 156 valence electrons. The summed E-state index contributed by atoms with van der Waals surface area (Å²) < 4.78 is 0. The summed E-state index contributed by atoms with van der Waals surface area (Å²) in [7, 11) is 0. The van der Waals surface area contributed by atoms with Gasteiger partial charge in [0.2, 0.25) is 0 Å². The van der Waals surface area contributed by atoms with Gasteiger partial charge in [-0.25, -0.2) is 0 Å². The zero-order valence-corrected chi connectivity index (χ0v) is 18.4. The molecule has 2 N–H and O–H groups in total. The third-order valence-corrected chi connectivity index (χ3v) is 6.51. The molecule has 3 aromatic carbocycles. The van der Waals surface area contributed by atoms with Crippen LogP contribution in [0.2, 0.25) is 15.1 Å². The van der Waals surface area contributed by atoms with Crippen LogP contribution in [0.5, 0.6) is 0 Å². The van der Waals surface area contributed by atoms with Crippen molar-refractivity contribution in [3.63, 3.8) is 0 Å². The molecule has 0 unspecified atom stereocenters. The van der Waals surface area contributed by atoms with Crippen LogP contribution in [0.1, 0.15) is 28.7 Å². The summed E-state index contributed by atoms with van der Waals surface area (Å²) >= 11 is 18.6. The molecule has 0 bridgehead atoms. The number of nitriles is 1. The highest BCUT2D eigenvalue weighted by Crippen LogP contribution is 2.54. The van der Waals surface area contributed by atoms with Crippen molar-refractivity contribution in [3.8, 4) is 6.07 Å². The highest BCUT2D eigenvalue weighted by molar-refractivity contribution is 6.31. The van der Waals surface area contributed by atoms with Crippen molar-refractivity contribution < 1.29 is 9.90 Å². The van der Waals surface area contributed by atoms with E-state index < -0.39 is 29.4 Å². The second-order valence-corrected chi connectivity index (χ2v) is 8.80. The summed E-state index contributed by atoms with van der Waals surface area (Å²) in [5.74, 6) is -1.78. The fourth-order valence-corrected chi connectivity index (χ4v) is 5.06. The number of rotatable bonds is 4. The van der Waals surface area contributed by atoms with Gasteiger partial charge in [-0.15, -0.1) is 0 Å². The van der Waals surface area contributed by atoms with Gasteiger partial charge in [0.05, 0.1) is 12.1 Å². The van der Waals surface area contributed by atoms with Gasteiger partial charge in [-0.05, 0) is 53.1 Å². The number of carboxylic acids is 1. The van der Waals surface area contributed by atoms with Gasteiger partial charge in [-0.2, -0.15) is 5.26 Å². The fourth-order valence-electron chi connectivity index (χ4n) is 4.53. The minimum Gasteiger partial charge on any atom is -0.480 e. The summed E-state index contributed by atoms with van der Waals surface area (Å²) in [5, 5.41) is 25.5. The van der Waals surface area contributed by atoms with Gasteiger partial charge in [-0.1, -0.05) is 71.2 Å². The minimum atomic E-state index is -1.26. The molecule has 1 fully saturated rings. The van der Waals surface area contributed by atoms with E-state index in [1.165, 1.54) is 0 Å². The molecule has 1 aliphatic heterocycles.